The van der Waals surface area contributed by atoms with E-state index in [-0.39, 0.29) is 30.2 Å². The number of fused-ring (bicyclic) bond motifs is 2. The second-order valence-electron chi connectivity index (χ2n) is 9.49. The van der Waals surface area contributed by atoms with Crippen LogP contribution in [0.1, 0.15) is 55.3 Å². The molecular formula is C27H27ClN4O3. The first kappa shape index (κ1) is 23.3. The highest BCUT2D eigenvalue weighted by Crippen LogP contribution is 2.52. The predicted octanol–water partition coefficient (Wildman–Crippen LogP) is 3.59. The molecule has 3 N–H and O–H groups in total. The van der Waals surface area contributed by atoms with Crippen molar-refractivity contribution in [2.45, 2.75) is 50.1 Å². The van der Waals surface area contributed by atoms with Crippen molar-refractivity contribution in [2.24, 2.45) is 0 Å². The van der Waals surface area contributed by atoms with Crippen LogP contribution in [-0.2, 0) is 19.8 Å². The van der Waals surface area contributed by atoms with Crippen LogP contribution in [0.4, 0.5) is 11.4 Å². The van der Waals surface area contributed by atoms with Crippen LogP contribution >= 0.6 is 11.6 Å². The lowest BCUT2D eigenvalue weighted by atomic mass is 9.67. The minimum Gasteiger partial charge on any atom is -0.382 e. The van der Waals surface area contributed by atoms with E-state index in [1.54, 1.807) is 19.1 Å². The number of likely N-dealkylation sites (tertiary alicyclic amines) is 1. The quantitative estimate of drug-likeness (QED) is 0.573. The number of anilines is 2. The van der Waals surface area contributed by atoms with E-state index in [0.717, 1.165) is 29.7 Å². The topological polar surface area (TPSA) is 90.5 Å². The summed E-state index contributed by atoms with van der Waals surface area (Å²) in [6.45, 7) is 2.96. The third kappa shape index (κ3) is 4.02. The van der Waals surface area contributed by atoms with E-state index in [9.17, 15) is 14.4 Å². The zero-order chi connectivity index (χ0) is 24.7. The molecule has 0 saturated carbocycles. The zero-order valence-corrected chi connectivity index (χ0v) is 20.2. The molecule has 2 saturated heterocycles. The number of terminal acetylenes is 1. The molecule has 35 heavy (non-hydrogen) atoms. The Hall–Kier alpha value is -3.50. The van der Waals surface area contributed by atoms with Crippen LogP contribution < -0.4 is 16.0 Å². The summed E-state index contributed by atoms with van der Waals surface area (Å²) in [6, 6.07) is 10.6. The van der Waals surface area contributed by atoms with Crippen LogP contribution in [0, 0.1) is 12.3 Å². The van der Waals surface area contributed by atoms with Crippen molar-refractivity contribution in [3.05, 3.63) is 58.1 Å². The van der Waals surface area contributed by atoms with Crippen molar-refractivity contribution >= 4 is 40.7 Å². The lowest BCUT2D eigenvalue weighted by molar-refractivity contribution is -0.130. The van der Waals surface area contributed by atoms with Crippen molar-refractivity contribution in [2.75, 3.05) is 23.7 Å². The number of hydrogen-bond donors (Lipinski definition) is 3. The molecule has 0 bridgehead atoms. The molecule has 2 aromatic carbocycles. The van der Waals surface area contributed by atoms with Gasteiger partial charge in [0.15, 0.2) is 0 Å². The first-order chi connectivity index (χ1) is 16.8. The minimum absolute atomic E-state index is 0.0837. The first-order valence-electron chi connectivity index (χ1n) is 11.9. The molecule has 180 valence electrons. The fourth-order valence-corrected chi connectivity index (χ4v) is 5.81. The molecule has 3 amide bonds. The van der Waals surface area contributed by atoms with Gasteiger partial charge in [-0.05, 0) is 55.2 Å². The molecule has 1 spiro atoms. The van der Waals surface area contributed by atoms with Crippen molar-refractivity contribution in [1.29, 1.82) is 0 Å². The minimum atomic E-state index is -0.977. The van der Waals surface area contributed by atoms with Crippen LogP contribution in [0.2, 0.25) is 5.02 Å². The number of carbonyl (C=O) groups excluding carboxylic acids is 3. The number of piperidine rings is 2. The highest BCUT2D eigenvalue weighted by Gasteiger charge is 2.56. The Morgan fingerprint density at radius 3 is 2.69 bits per heavy atom. The summed E-state index contributed by atoms with van der Waals surface area (Å²) in [6.07, 6.45) is 7.96. The van der Waals surface area contributed by atoms with Gasteiger partial charge in [-0.25, -0.2) is 0 Å². The van der Waals surface area contributed by atoms with E-state index < -0.39 is 11.5 Å². The first-order valence-corrected chi connectivity index (χ1v) is 12.2. The van der Waals surface area contributed by atoms with Gasteiger partial charge < -0.3 is 20.9 Å². The molecule has 3 heterocycles. The van der Waals surface area contributed by atoms with Crippen molar-refractivity contribution < 1.29 is 14.4 Å². The maximum absolute atomic E-state index is 13.6. The van der Waals surface area contributed by atoms with Gasteiger partial charge in [-0.3, -0.25) is 14.4 Å². The average molecular weight is 491 g/mol. The zero-order valence-electron chi connectivity index (χ0n) is 19.5. The van der Waals surface area contributed by atoms with Crippen molar-refractivity contribution in [3.8, 4) is 12.3 Å². The van der Waals surface area contributed by atoms with E-state index >= 15 is 0 Å². The lowest BCUT2D eigenvalue weighted by Gasteiger charge is -2.41. The molecule has 0 aromatic heterocycles. The molecule has 8 heteroatoms. The molecule has 2 aromatic rings. The van der Waals surface area contributed by atoms with Gasteiger partial charge in [-0.1, -0.05) is 23.6 Å². The SMILES string of the molecule is C#Cc1ccc(NC2CCN(C(C)=O)CC2)c([C@H]2NC(=O)CC[C@]23C(=O)Nc2cc(Cl)ccc23)c1. The Morgan fingerprint density at radius 2 is 1.97 bits per heavy atom. The summed E-state index contributed by atoms with van der Waals surface area (Å²) in [4.78, 5) is 39.8. The van der Waals surface area contributed by atoms with Crippen LogP contribution in [0.15, 0.2) is 36.4 Å². The summed E-state index contributed by atoms with van der Waals surface area (Å²) in [5, 5.41) is 10.2. The van der Waals surface area contributed by atoms with Crippen molar-refractivity contribution in [3.63, 3.8) is 0 Å². The fourth-order valence-electron chi connectivity index (χ4n) is 5.64. The Balaban J connectivity index is 1.56. The Labute approximate surface area is 209 Å². The molecule has 0 unspecified atom stereocenters. The highest BCUT2D eigenvalue weighted by molar-refractivity contribution is 6.31. The van der Waals surface area contributed by atoms with Crippen LogP contribution in [-0.4, -0.2) is 41.8 Å². The number of hydrogen-bond acceptors (Lipinski definition) is 4. The summed E-state index contributed by atoms with van der Waals surface area (Å²) in [7, 11) is 0. The van der Waals surface area contributed by atoms with Gasteiger partial charge >= 0.3 is 0 Å². The molecule has 2 atom stereocenters. The van der Waals surface area contributed by atoms with Gasteiger partial charge in [0.25, 0.3) is 0 Å². The number of benzene rings is 2. The smallest absolute Gasteiger partial charge is 0.237 e. The number of carbonyl (C=O) groups is 3. The van der Waals surface area contributed by atoms with E-state index in [1.165, 1.54) is 0 Å². The number of nitrogens with one attached hydrogen (secondary N) is 3. The standard InChI is InChI=1S/C27H27ClN4O3/c1-3-17-4-7-22(29-19-9-12-32(13-10-19)16(2)33)20(14-17)25-27(11-8-24(34)31-25)21-6-5-18(28)15-23(21)30-26(27)35/h1,4-7,14-15,19,25,29H,8-13H2,2H3,(H,30,35)(H,31,34)/t25-,27-/m1/s1. The normalized spacial score (nSPS) is 23.9. The molecule has 5 rings (SSSR count). The lowest BCUT2D eigenvalue weighted by Crippen LogP contribution is -2.53. The predicted molar refractivity (Wildman–Crippen MR) is 135 cm³/mol. The summed E-state index contributed by atoms with van der Waals surface area (Å²) < 4.78 is 0. The largest absolute Gasteiger partial charge is 0.382 e. The molecular weight excluding hydrogens is 464 g/mol. The molecule has 3 aliphatic rings. The van der Waals surface area contributed by atoms with Crippen LogP contribution in [0.3, 0.4) is 0 Å². The van der Waals surface area contributed by atoms with Crippen LogP contribution in [0.5, 0.6) is 0 Å². The van der Waals surface area contributed by atoms with Gasteiger partial charge in [-0.15, -0.1) is 6.42 Å². The average Bonchev–Trinajstić information content (AvgIpc) is 3.11. The van der Waals surface area contributed by atoms with Crippen LogP contribution in [0.25, 0.3) is 0 Å². The molecule has 0 aliphatic carbocycles. The maximum Gasteiger partial charge on any atom is 0.237 e. The highest BCUT2D eigenvalue weighted by atomic mass is 35.5. The van der Waals surface area contributed by atoms with Crippen molar-refractivity contribution in [1.82, 2.24) is 10.2 Å². The van der Waals surface area contributed by atoms with Gasteiger partial charge in [0.2, 0.25) is 17.7 Å². The summed E-state index contributed by atoms with van der Waals surface area (Å²) in [5.41, 5.74) is 2.79. The molecule has 0 radical (unpaired) electrons. The molecule has 7 nitrogen and oxygen atoms in total. The van der Waals surface area contributed by atoms with Gasteiger partial charge in [0.05, 0.1) is 6.04 Å². The van der Waals surface area contributed by atoms with E-state index in [0.29, 0.717) is 35.8 Å². The summed E-state index contributed by atoms with van der Waals surface area (Å²) in [5.74, 6) is 2.50. The fraction of sp³-hybridized carbons (Fsp3) is 0.370. The van der Waals surface area contributed by atoms with E-state index in [1.807, 2.05) is 29.2 Å². The number of amides is 3. The molecule has 2 fully saturated rings. The second-order valence-corrected chi connectivity index (χ2v) is 9.92. The monoisotopic (exact) mass is 490 g/mol. The third-order valence-electron chi connectivity index (χ3n) is 7.49. The second kappa shape index (κ2) is 8.94. The Bertz CT molecular complexity index is 1260. The Kier molecular flexibility index (Phi) is 5.94. The summed E-state index contributed by atoms with van der Waals surface area (Å²) >= 11 is 6.20. The van der Waals surface area contributed by atoms with Gasteiger partial charge in [0, 0.05) is 60.0 Å². The number of nitrogens with zero attached hydrogens (tertiary/aromatic N) is 1. The van der Waals surface area contributed by atoms with Gasteiger partial charge in [0.1, 0.15) is 5.41 Å². The van der Waals surface area contributed by atoms with Gasteiger partial charge in [-0.2, -0.15) is 0 Å². The van der Waals surface area contributed by atoms with E-state index in [4.69, 9.17) is 18.0 Å². The molecule has 3 aliphatic heterocycles. The van der Waals surface area contributed by atoms with E-state index in [2.05, 4.69) is 21.9 Å². The number of halogens is 1. The third-order valence-corrected chi connectivity index (χ3v) is 7.72. The maximum atomic E-state index is 13.6. The Morgan fingerprint density at radius 1 is 1.20 bits per heavy atom. The number of rotatable bonds is 3.